The van der Waals surface area contributed by atoms with Crippen LogP contribution in [-0.2, 0) is 12.0 Å². The highest BCUT2D eigenvalue weighted by atomic mass is 32.1. The van der Waals surface area contributed by atoms with Gasteiger partial charge >= 0.3 is 0 Å². The Hall–Kier alpha value is -3.49. The lowest BCUT2D eigenvalue weighted by Crippen LogP contribution is -2.42. The van der Waals surface area contributed by atoms with Crippen LogP contribution in [0, 0.1) is 21.4 Å². The van der Waals surface area contributed by atoms with E-state index in [-0.39, 0.29) is 12.3 Å². The summed E-state index contributed by atoms with van der Waals surface area (Å²) in [5.74, 6) is 1.07. The van der Waals surface area contributed by atoms with Gasteiger partial charge in [0.1, 0.15) is 12.3 Å². The van der Waals surface area contributed by atoms with Crippen LogP contribution >= 0.6 is 11.5 Å². The van der Waals surface area contributed by atoms with Crippen molar-refractivity contribution in [3.63, 3.8) is 0 Å². The maximum atomic E-state index is 10.9. The Morgan fingerprint density at radius 2 is 1.93 bits per heavy atom. The molecule has 0 aliphatic carbocycles. The van der Waals surface area contributed by atoms with Crippen molar-refractivity contribution < 1.29 is 10.0 Å². The summed E-state index contributed by atoms with van der Waals surface area (Å²) in [7, 11) is 0. The van der Waals surface area contributed by atoms with Gasteiger partial charge in [-0.2, -0.15) is 9.64 Å². The Labute approximate surface area is 175 Å². The monoisotopic (exact) mass is 423 g/mol. The summed E-state index contributed by atoms with van der Waals surface area (Å²) in [5.41, 5.74) is 0.728. The van der Waals surface area contributed by atoms with E-state index < -0.39 is 10.3 Å². The average molecular weight is 423 g/mol. The van der Waals surface area contributed by atoms with Crippen molar-refractivity contribution in [1.82, 2.24) is 19.6 Å². The SMILES string of the molecule is N#CC1(c2ccc([N+](=O)[O-])cc2)CCN(c2ccc(-c3nc(CO)ns3)nn2)CC1. The number of hydrogen-bond acceptors (Lipinski definition) is 10. The zero-order valence-corrected chi connectivity index (χ0v) is 16.6. The van der Waals surface area contributed by atoms with Crippen molar-refractivity contribution in [1.29, 1.82) is 5.26 Å². The summed E-state index contributed by atoms with van der Waals surface area (Å²) < 4.78 is 4.03. The third kappa shape index (κ3) is 3.70. The molecular weight excluding hydrogens is 406 g/mol. The molecule has 1 aliphatic heterocycles. The number of hydrogen-bond donors (Lipinski definition) is 1. The van der Waals surface area contributed by atoms with E-state index in [1.807, 2.05) is 12.1 Å². The van der Waals surface area contributed by atoms with Crippen LogP contribution in [0.1, 0.15) is 24.2 Å². The minimum Gasteiger partial charge on any atom is -0.388 e. The average Bonchev–Trinajstić information content (AvgIpc) is 3.29. The molecule has 0 radical (unpaired) electrons. The Morgan fingerprint density at radius 1 is 1.20 bits per heavy atom. The molecule has 10 nitrogen and oxygen atoms in total. The van der Waals surface area contributed by atoms with E-state index in [0.717, 1.165) is 17.1 Å². The first kappa shape index (κ1) is 19.8. The number of anilines is 1. The first-order chi connectivity index (χ1) is 14.5. The summed E-state index contributed by atoms with van der Waals surface area (Å²) in [4.78, 5) is 16.7. The van der Waals surface area contributed by atoms with Gasteiger partial charge in [-0.3, -0.25) is 10.1 Å². The van der Waals surface area contributed by atoms with Gasteiger partial charge in [0.15, 0.2) is 16.6 Å². The quantitative estimate of drug-likeness (QED) is 0.483. The van der Waals surface area contributed by atoms with Crippen molar-refractivity contribution in [3.05, 3.63) is 57.9 Å². The molecule has 0 amide bonds. The summed E-state index contributed by atoms with van der Waals surface area (Å²) in [6, 6.07) is 12.3. The van der Waals surface area contributed by atoms with E-state index in [4.69, 9.17) is 5.11 Å². The van der Waals surface area contributed by atoms with E-state index >= 15 is 0 Å². The van der Waals surface area contributed by atoms with Crippen molar-refractivity contribution in [2.75, 3.05) is 18.0 Å². The fourth-order valence-electron chi connectivity index (χ4n) is 3.51. The standard InChI is InChI=1S/C19H17N7O3S/c20-12-19(13-1-3-14(4-2-13)26(28)29)7-9-25(10-8-19)17-6-5-15(22-23-17)18-21-16(11-27)24-30-18/h1-6,27H,7-11H2. The van der Waals surface area contributed by atoms with Gasteiger partial charge < -0.3 is 10.0 Å². The van der Waals surface area contributed by atoms with E-state index in [9.17, 15) is 15.4 Å². The lowest BCUT2D eigenvalue weighted by molar-refractivity contribution is -0.384. The molecule has 11 heteroatoms. The third-order valence-electron chi connectivity index (χ3n) is 5.26. The second-order valence-electron chi connectivity index (χ2n) is 6.94. The Morgan fingerprint density at radius 3 is 2.47 bits per heavy atom. The third-order valence-corrected chi connectivity index (χ3v) is 6.04. The van der Waals surface area contributed by atoms with E-state index in [2.05, 4.69) is 30.5 Å². The fourth-order valence-corrected chi connectivity index (χ4v) is 4.15. The molecule has 3 aromatic rings. The highest BCUT2D eigenvalue weighted by Gasteiger charge is 2.37. The first-order valence-corrected chi connectivity index (χ1v) is 10.0. The molecule has 0 bridgehead atoms. The zero-order chi connectivity index (χ0) is 21.1. The second-order valence-corrected chi connectivity index (χ2v) is 7.69. The van der Waals surface area contributed by atoms with E-state index in [0.29, 0.717) is 48.3 Å². The minimum absolute atomic E-state index is 0.0150. The molecule has 1 fully saturated rings. The van der Waals surface area contributed by atoms with E-state index in [1.54, 1.807) is 12.1 Å². The van der Waals surface area contributed by atoms with Crippen LogP contribution < -0.4 is 4.90 Å². The van der Waals surface area contributed by atoms with Crippen molar-refractivity contribution in [2.24, 2.45) is 0 Å². The molecule has 4 rings (SSSR count). The Bertz CT molecular complexity index is 1080. The molecule has 2 aromatic heterocycles. The second kappa shape index (κ2) is 8.10. The van der Waals surface area contributed by atoms with Gasteiger partial charge in [0.25, 0.3) is 5.69 Å². The Balaban J connectivity index is 1.46. The number of nitro groups is 1. The Kier molecular flexibility index (Phi) is 5.35. The number of nitriles is 1. The van der Waals surface area contributed by atoms with Crippen LogP contribution in [0.2, 0.25) is 0 Å². The molecule has 0 spiro atoms. The van der Waals surface area contributed by atoms with Crippen LogP contribution in [0.15, 0.2) is 36.4 Å². The summed E-state index contributed by atoms with van der Waals surface area (Å²) in [5, 5.41) is 38.9. The van der Waals surface area contributed by atoms with Gasteiger partial charge in [-0.1, -0.05) is 12.1 Å². The highest BCUT2D eigenvalue weighted by Crippen LogP contribution is 2.36. The molecule has 1 aromatic carbocycles. The topological polar surface area (TPSA) is 142 Å². The normalized spacial score (nSPS) is 15.5. The summed E-state index contributed by atoms with van der Waals surface area (Å²) >= 11 is 1.16. The minimum atomic E-state index is -0.674. The number of aromatic nitrogens is 4. The molecule has 0 saturated carbocycles. The smallest absolute Gasteiger partial charge is 0.269 e. The fraction of sp³-hybridized carbons (Fsp3) is 0.316. The van der Waals surface area contributed by atoms with Crippen LogP contribution in [0.25, 0.3) is 10.7 Å². The molecule has 30 heavy (non-hydrogen) atoms. The van der Waals surface area contributed by atoms with Crippen molar-refractivity contribution in [2.45, 2.75) is 24.9 Å². The van der Waals surface area contributed by atoms with Crippen LogP contribution in [0.3, 0.4) is 0 Å². The lowest BCUT2D eigenvalue weighted by Gasteiger charge is -2.38. The summed E-state index contributed by atoms with van der Waals surface area (Å²) in [6.07, 6.45) is 1.17. The number of rotatable bonds is 5. The van der Waals surface area contributed by atoms with E-state index in [1.165, 1.54) is 12.1 Å². The number of piperidine rings is 1. The molecule has 1 aliphatic rings. The highest BCUT2D eigenvalue weighted by molar-refractivity contribution is 7.09. The predicted molar refractivity (Wildman–Crippen MR) is 109 cm³/mol. The van der Waals surface area contributed by atoms with Gasteiger partial charge in [-0.15, -0.1) is 10.2 Å². The van der Waals surface area contributed by atoms with Gasteiger partial charge in [0, 0.05) is 25.2 Å². The maximum Gasteiger partial charge on any atom is 0.269 e. The first-order valence-electron chi connectivity index (χ1n) is 9.23. The van der Waals surface area contributed by atoms with Gasteiger partial charge in [0.05, 0.1) is 16.4 Å². The number of nitro benzene ring substituents is 1. The number of non-ortho nitro benzene ring substituents is 1. The predicted octanol–water partition coefficient (Wildman–Crippen LogP) is 2.46. The molecule has 1 N–H and O–H groups in total. The molecule has 152 valence electrons. The van der Waals surface area contributed by atoms with Crippen molar-refractivity contribution >= 4 is 23.0 Å². The molecular formula is C19H17N7O3S. The number of aliphatic hydroxyl groups excluding tert-OH is 1. The number of nitrogens with zero attached hydrogens (tertiary/aromatic N) is 7. The van der Waals surface area contributed by atoms with Gasteiger partial charge in [-0.25, -0.2) is 4.98 Å². The maximum absolute atomic E-state index is 10.9. The lowest BCUT2D eigenvalue weighted by atomic mass is 9.74. The number of aliphatic hydroxyl groups is 1. The van der Waals surface area contributed by atoms with Gasteiger partial charge in [0.2, 0.25) is 0 Å². The van der Waals surface area contributed by atoms with Crippen molar-refractivity contribution in [3.8, 4) is 16.8 Å². The largest absolute Gasteiger partial charge is 0.388 e. The molecule has 0 atom stereocenters. The summed E-state index contributed by atoms with van der Waals surface area (Å²) in [6.45, 7) is 1.02. The molecule has 1 saturated heterocycles. The molecule has 0 unspecified atom stereocenters. The van der Waals surface area contributed by atoms with Crippen LogP contribution in [-0.4, -0.2) is 42.7 Å². The van der Waals surface area contributed by atoms with Crippen LogP contribution in [0.5, 0.6) is 0 Å². The number of benzene rings is 1. The van der Waals surface area contributed by atoms with Gasteiger partial charge in [-0.05, 0) is 42.1 Å². The molecule has 3 heterocycles. The zero-order valence-electron chi connectivity index (χ0n) is 15.8. The van der Waals surface area contributed by atoms with Crippen LogP contribution in [0.4, 0.5) is 11.5 Å².